The van der Waals surface area contributed by atoms with Crippen molar-refractivity contribution in [2.24, 2.45) is 11.3 Å². The molecule has 0 bridgehead atoms. The van der Waals surface area contributed by atoms with Crippen LogP contribution in [0.15, 0.2) is 42.5 Å². The summed E-state index contributed by atoms with van der Waals surface area (Å²) in [5.74, 6) is -4.69. The van der Waals surface area contributed by atoms with E-state index in [0.29, 0.717) is 0 Å². The number of hydrogen-bond donors (Lipinski definition) is 3. The first kappa shape index (κ1) is 24.3. The number of ether oxygens (including phenoxy) is 1. The highest BCUT2D eigenvalue weighted by atomic mass is 28.3. The van der Waals surface area contributed by atoms with E-state index in [4.69, 9.17) is 9.16 Å². The van der Waals surface area contributed by atoms with Gasteiger partial charge in [0.15, 0.2) is 5.92 Å². The number of hydrogen-bond acceptors (Lipinski definition) is 5. The molecule has 1 aromatic carbocycles. The van der Waals surface area contributed by atoms with Crippen LogP contribution in [-0.4, -0.2) is 61.2 Å². The molecular weight excluding hydrogens is 404 g/mol. The Bertz CT molecular complexity index is 715. The standard InChI is InChI=1S/C22H32O7Si/c1-22(2,3)12-7-13-30(15-8-5-4-6-9-15)28-14-18-16(23)10-11-17(29-18)19(20(24)25)21(26)27/h4-6,8-11,16-19,23,30H,7,12-14H2,1-3H3,(H,24,25)(H,26,27)/t16-,17-,18-,30?/m1/s1. The Morgan fingerprint density at radius 3 is 2.33 bits per heavy atom. The summed E-state index contributed by atoms with van der Waals surface area (Å²) in [7, 11) is -1.81. The van der Waals surface area contributed by atoms with Crippen LogP contribution in [0.5, 0.6) is 0 Å². The van der Waals surface area contributed by atoms with Gasteiger partial charge < -0.3 is 24.5 Å². The summed E-state index contributed by atoms with van der Waals surface area (Å²) in [4.78, 5) is 22.6. The van der Waals surface area contributed by atoms with Gasteiger partial charge in [0.25, 0.3) is 0 Å². The van der Waals surface area contributed by atoms with Crippen molar-refractivity contribution in [3.63, 3.8) is 0 Å². The van der Waals surface area contributed by atoms with Gasteiger partial charge in [-0.2, -0.15) is 0 Å². The van der Waals surface area contributed by atoms with Gasteiger partial charge in [-0.25, -0.2) is 0 Å². The van der Waals surface area contributed by atoms with Crippen LogP contribution in [0, 0.1) is 11.3 Å². The SMILES string of the molecule is CC(C)(C)CCC[SiH](OC[C@H]1O[C@@H](C(C(=O)O)C(=O)O)C=C[C@H]1O)c1ccccc1. The van der Waals surface area contributed by atoms with Crippen molar-refractivity contribution in [2.75, 3.05) is 6.61 Å². The Hall–Kier alpha value is -2.00. The minimum absolute atomic E-state index is 0.0786. The lowest BCUT2D eigenvalue weighted by Crippen LogP contribution is -2.47. The van der Waals surface area contributed by atoms with E-state index in [0.717, 1.165) is 24.1 Å². The lowest BCUT2D eigenvalue weighted by Gasteiger charge is -2.32. The van der Waals surface area contributed by atoms with Gasteiger partial charge in [-0.1, -0.05) is 69.7 Å². The van der Waals surface area contributed by atoms with Gasteiger partial charge in [0, 0.05) is 0 Å². The molecule has 30 heavy (non-hydrogen) atoms. The normalized spacial score (nSPS) is 22.8. The van der Waals surface area contributed by atoms with E-state index in [2.05, 4.69) is 20.8 Å². The first-order chi connectivity index (χ1) is 14.1. The molecule has 4 atom stereocenters. The second kappa shape index (κ2) is 10.9. The molecule has 166 valence electrons. The third-order valence-electron chi connectivity index (χ3n) is 5.10. The zero-order chi connectivity index (χ0) is 22.3. The van der Waals surface area contributed by atoms with Gasteiger partial charge in [-0.05, 0) is 23.1 Å². The van der Waals surface area contributed by atoms with Crippen LogP contribution in [0.3, 0.4) is 0 Å². The molecule has 1 aromatic rings. The Balaban J connectivity index is 2.05. The number of rotatable bonds is 10. The summed E-state index contributed by atoms with van der Waals surface area (Å²) < 4.78 is 11.9. The molecule has 1 aliphatic rings. The molecular formula is C22H32O7Si. The largest absolute Gasteiger partial charge is 0.481 e. The molecule has 2 rings (SSSR count). The first-order valence-electron chi connectivity index (χ1n) is 10.2. The van der Waals surface area contributed by atoms with Crippen molar-refractivity contribution in [2.45, 2.75) is 58.0 Å². The number of aliphatic hydroxyl groups excluding tert-OH is 1. The smallest absolute Gasteiger partial charge is 0.320 e. The number of benzene rings is 1. The maximum atomic E-state index is 11.3. The highest BCUT2D eigenvalue weighted by Crippen LogP contribution is 2.24. The molecule has 0 amide bonds. The minimum Gasteiger partial charge on any atom is -0.481 e. The van der Waals surface area contributed by atoms with Gasteiger partial charge >= 0.3 is 11.9 Å². The van der Waals surface area contributed by atoms with Crippen LogP contribution >= 0.6 is 0 Å². The molecule has 0 radical (unpaired) electrons. The number of aliphatic carboxylic acids is 2. The second-order valence-electron chi connectivity index (χ2n) is 8.85. The highest BCUT2D eigenvalue weighted by molar-refractivity contribution is 6.67. The average Bonchev–Trinajstić information content (AvgIpc) is 2.65. The van der Waals surface area contributed by atoms with E-state index < -0.39 is 45.2 Å². The third kappa shape index (κ3) is 7.35. The number of carbonyl (C=O) groups is 2. The number of carboxylic acids is 2. The molecule has 0 fully saturated rings. The maximum absolute atomic E-state index is 11.3. The summed E-state index contributed by atoms with van der Waals surface area (Å²) in [5.41, 5.74) is 0.235. The van der Waals surface area contributed by atoms with Crippen molar-refractivity contribution in [1.82, 2.24) is 0 Å². The van der Waals surface area contributed by atoms with Crippen LogP contribution in [-0.2, 0) is 18.8 Å². The first-order valence-corrected chi connectivity index (χ1v) is 12.1. The van der Waals surface area contributed by atoms with Crippen LogP contribution < -0.4 is 5.19 Å². The Morgan fingerprint density at radius 1 is 1.13 bits per heavy atom. The summed E-state index contributed by atoms with van der Waals surface area (Å²) >= 11 is 0. The van der Waals surface area contributed by atoms with Gasteiger partial charge in [0.05, 0.1) is 6.61 Å². The van der Waals surface area contributed by atoms with Gasteiger partial charge in [0.1, 0.15) is 18.3 Å². The summed E-state index contributed by atoms with van der Waals surface area (Å²) in [5, 5.41) is 29.8. The fraction of sp³-hybridized carbons (Fsp3) is 0.545. The lowest BCUT2D eigenvalue weighted by molar-refractivity contribution is -0.166. The molecule has 7 nitrogen and oxygen atoms in total. The summed E-state index contributed by atoms with van der Waals surface area (Å²) in [6.45, 7) is 6.68. The molecule has 0 saturated heterocycles. The second-order valence-corrected chi connectivity index (χ2v) is 11.4. The molecule has 1 heterocycles. The molecule has 8 heteroatoms. The maximum Gasteiger partial charge on any atom is 0.320 e. The summed E-state index contributed by atoms with van der Waals surface area (Å²) in [6, 6.07) is 10.9. The topological polar surface area (TPSA) is 113 Å². The summed E-state index contributed by atoms with van der Waals surface area (Å²) in [6.07, 6.45) is 1.82. The van der Waals surface area contributed by atoms with E-state index in [-0.39, 0.29) is 12.0 Å². The van der Waals surface area contributed by atoms with Crippen LogP contribution in [0.1, 0.15) is 33.6 Å². The Kier molecular flexibility index (Phi) is 8.78. The van der Waals surface area contributed by atoms with E-state index >= 15 is 0 Å². The van der Waals surface area contributed by atoms with Crippen LogP contribution in [0.2, 0.25) is 6.04 Å². The molecule has 0 saturated carbocycles. The zero-order valence-electron chi connectivity index (χ0n) is 17.7. The van der Waals surface area contributed by atoms with Crippen molar-refractivity contribution in [1.29, 1.82) is 0 Å². The fourth-order valence-electron chi connectivity index (χ4n) is 3.43. The zero-order valence-corrected chi connectivity index (χ0v) is 18.9. The Labute approximate surface area is 179 Å². The van der Waals surface area contributed by atoms with E-state index in [1.54, 1.807) is 0 Å². The van der Waals surface area contributed by atoms with E-state index in [1.807, 2.05) is 30.3 Å². The molecule has 0 spiro atoms. The van der Waals surface area contributed by atoms with Gasteiger partial charge in [-0.3, -0.25) is 9.59 Å². The number of aliphatic hydroxyl groups is 1. The molecule has 1 aliphatic heterocycles. The third-order valence-corrected chi connectivity index (χ3v) is 7.75. The van der Waals surface area contributed by atoms with Crippen LogP contribution in [0.25, 0.3) is 0 Å². The van der Waals surface area contributed by atoms with Crippen molar-refractivity contribution < 1.29 is 34.1 Å². The minimum atomic E-state index is -1.81. The van der Waals surface area contributed by atoms with Crippen molar-refractivity contribution in [3.05, 3.63) is 42.5 Å². The van der Waals surface area contributed by atoms with Gasteiger partial charge in [0.2, 0.25) is 9.04 Å². The van der Waals surface area contributed by atoms with Crippen LogP contribution in [0.4, 0.5) is 0 Å². The van der Waals surface area contributed by atoms with Gasteiger partial charge in [-0.15, -0.1) is 0 Å². The molecule has 1 unspecified atom stereocenters. The molecule has 0 aliphatic carbocycles. The lowest BCUT2D eigenvalue weighted by atomic mass is 9.91. The van der Waals surface area contributed by atoms with Crippen molar-refractivity contribution >= 4 is 26.2 Å². The fourth-order valence-corrected chi connectivity index (χ4v) is 5.77. The van der Waals surface area contributed by atoms with E-state index in [1.165, 1.54) is 12.2 Å². The van der Waals surface area contributed by atoms with Crippen molar-refractivity contribution in [3.8, 4) is 0 Å². The Morgan fingerprint density at radius 2 is 1.77 bits per heavy atom. The predicted molar refractivity (Wildman–Crippen MR) is 115 cm³/mol. The monoisotopic (exact) mass is 436 g/mol. The quantitative estimate of drug-likeness (QED) is 0.292. The number of carboxylic acid groups (broad SMARTS) is 2. The average molecular weight is 437 g/mol. The predicted octanol–water partition coefficient (Wildman–Crippen LogP) is 1.93. The highest BCUT2D eigenvalue weighted by Gasteiger charge is 2.39. The molecule has 0 aromatic heterocycles. The molecule has 3 N–H and O–H groups in total. The van der Waals surface area contributed by atoms with E-state index in [9.17, 15) is 24.9 Å².